The number of nitrogens with zero attached hydrogens (tertiary/aromatic N) is 1. The number of rotatable bonds is 2. The van der Waals surface area contributed by atoms with E-state index in [9.17, 15) is 9.18 Å². The monoisotopic (exact) mass is 400 g/mol. The Labute approximate surface area is 176 Å². The van der Waals surface area contributed by atoms with Crippen LogP contribution in [-0.4, -0.2) is 21.8 Å². The number of amides is 1. The van der Waals surface area contributed by atoms with Crippen molar-refractivity contribution in [2.75, 3.05) is 0 Å². The zero-order valence-corrected chi connectivity index (χ0v) is 16.9. The number of aromatic amines is 1. The van der Waals surface area contributed by atoms with Gasteiger partial charge < -0.3 is 9.88 Å². The van der Waals surface area contributed by atoms with Gasteiger partial charge in [-0.2, -0.15) is 0 Å². The maximum Gasteiger partial charge on any atom is 0.299 e. The average Bonchev–Trinajstić information content (AvgIpc) is 3.17. The molecule has 2 heterocycles. The SMILES string of the molecule is C#CC(=O)N1C(c2ccc(F)cc2)c2[nH]c3ccccc3c2C[C@@H]1C1CCCCC1. The summed E-state index contributed by atoms with van der Waals surface area (Å²) in [6, 6.07) is 14.5. The van der Waals surface area contributed by atoms with Crippen molar-refractivity contribution in [3.8, 4) is 12.3 Å². The third kappa shape index (κ3) is 3.10. The molecule has 1 aliphatic heterocycles. The van der Waals surface area contributed by atoms with Crippen LogP contribution in [0.4, 0.5) is 4.39 Å². The van der Waals surface area contributed by atoms with Crippen molar-refractivity contribution in [3.63, 3.8) is 0 Å². The molecule has 0 spiro atoms. The molecule has 30 heavy (non-hydrogen) atoms. The molecule has 2 aliphatic rings. The molecule has 0 radical (unpaired) electrons. The number of halogens is 1. The zero-order chi connectivity index (χ0) is 20.7. The number of para-hydroxylation sites is 1. The van der Waals surface area contributed by atoms with E-state index in [1.165, 1.54) is 42.3 Å². The Hall–Kier alpha value is -3.06. The number of aromatic nitrogens is 1. The van der Waals surface area contributed by atoms with Crippen LogP contribution in [0.2, 0.25) is 0 Å². The van der Waals surface area contributed by atoms with Crippen LogP contribution in [0, 0.1) is 24.1 Å². The summed E-state index contributed by atoms with van der Waals surface area (Å²) in [5.41, 5.74) is 4.20. The summed E-state index contributed by atoms with van der Waals surface area (Å²) in [5, 5.41) is 1.20. The molecule has 1 N–H and O–H groups in total. The molecule has 4 heteroatoms. The number of hydrogen-bond acceptors (Lipinski definition) is 1. The molecule has 5 rings (SSSR count). The van der Waals surface area contributed by atoms with Crippen molar-refractivity contribution in [3.05, 3.63) is 71.2 Å². The fourth-order valence-corrected chi connectivity index (χ4v) is 5.54. The van der Waals surface area contributed by atoms with Crippen LogP contribution < -0.4 is 0 Å². The van der Waals surface area contributed by atoms with E-state index in [0.717, 1.165) is 36.0 Å². The molecule has 2 aromatic carbocycles. The molecule has 0 saturated heterocycles. The van der Waals surface area contributed by atoms with Gasteiger partial charge in [0.2, 0.25) is 0 Å². The lowest BCUT2D eigenvalue weighted by atomic mass is 9.76. The van der Waals surface area contributed by atoms with E-state index in [0.29, 0.717) is 5.92 Å². The summed E-state index contributed by atoms with van der Waals surface area (Å²) in [4.78, 5) is 18.6. The summed E-state index contributed by atoms with van der Waals surface area (Å²) < 4.78 is 13.7. The fraction of sp³-hybridized carbons (Fsp3) is 0.346. The van der Waals surface area contributed by atoms with Crippen LogP contribution >= 0.6 is 0 Å². The third-order valence-corrected chi connectivity index (χ3v) is 6.91. The maximum atomic E-state index is 13.7. The van der Waals surface area contributed by atoms with Crippen molar-refractivity contribution < 1.29 is 9.18 Å². The summed E-state index contributed by atoms with van der Waals surface area (Å²) in [6.07, 6.45) is 12.3. The van der Waals surface area contributed by atoms with Gasteiger partial charge in [-0.3, -0.25) is 4.79 Å². The van der Waals surface area contributed by atoms with Gasteiger partial charge in [0.25, 0.3) is 5.91 Å². The molecule has 1 unspecified atom stereocenters. The second kappa shape index (κ2) is 7.65. The van der Waals surface area contributed by atoms with Crippen molar-refractivity contribution >= 4 is 16.8 Å². The van der Waals surface area contributed by atoms with E-state index >= 15 is 0 Å². The largest absolute Gasteiger partial charge is 0.356 e. The number of carbonyl (C=O) groups excluding carboxylic acids is 1. The average molecular weight is 400 g/mol. The molecule has 2 atom stereocenters. The van der Waals surface area contributed by atoms with Crippen molar-refractivity contribution in [2.45, 2.75) is 50.6 Å². The molecule has 3 nitrogen and oxygen atoms in total. The van der Waals surface area contributed by atoms with E-state index in [-0.39, 0.29) is 23.8 Å². The van der Waals surface area contributed by atoms with Crippen LogP contribution in [-0.2, 0) is 11.2 Å². The van der Waals surface area contributed by atoms with Gasteiger partial charge in [0.1, 0.15) is 5.82 Å². The Morgan fingerprint density at radius 3 is 2.53 bits per heavy atom. The van der Waals surface area contributed by atoms with Crippen molar-refractivity contribution in [1.29, 1.82) is 0 Å². The van der Waals surface area contributed by atoms with E-state index in [1.54, 1.807) is 12.1 Å². The molecule has 0 bridgehead atoms. The van der Waals surface area contributed by atoms with Gasteiger partial charge >= 0.3 is 0 Å². The molecule has 152 valence electrons. The molecule has 1 aromatic heterocycles. The van der Waals surface area contributed by atoms with Gasteiger partial charge in [0.15, 0.2) is 0 Å². The second-order valence-electron chi connectivity index (χ2n) is 8.54. The Morgan fingerprint density at radius 1 is 1.07 bits per heavy atom. The number of fused-ring (bicyclic) bond motifs is 3. The second-order valence-corrected chi connectivity index (χ2v) is 8.54. The van der Waals surface area contributed by atoms with Crippen LogP contribution in [0.1, 0.15) is 55.0 Å². The smallest absolute Gasteiger partial charge is 0.299 e. The highest BCUT2D eigenvalue weighted by Crippen LogP contribution is 2.44. The van der Waals surface area contributed by atoms with Gasteiger partial charge in [0, 0.05) is 22.6 Å². The molecule has 3 aromatic rings. The first-order chi connectivity index (χ1) is 14.7. The summed E-state index contributed by atoms with van der Waals surface area (Å²) in [7, 11) is 0. The predicted molar refractivity (Wildman–Crippen MR) is 116 cm³/mol. The van der Waals surface area contributed by atoms with Crippen molar-refractivity contribution in [2.24, 2.45) is 5.92 Å². The Bertz CT molecular complexity index is 1120. The first kappa shape index (κ1) is 18.9. The highest BCUT2D eigenvalue weighted by Gasteiger charge is 2.43. The minimum atomic E-state index is -0.336. The van der Waals surface area contributed by atoms with E-state index in [2.05, 4.69) is 29.1 Å². The molecular weight excluding hydrogens is 375 g/mol. The number of H-pyrrole nitrogens is 1. The minimum absolute atomic E-state index is 0.0515. The maximum absolute atomic E-state index is 13.7. The number of carbonyl (C=O) groups is 1. The summed E-state index contributed by atoms with van der Waals surface area (Å²) >= 11 is 0. The van der Waals surface area contributed by atoms with E-state index < -0.39 is 0 Å². The lowest BCUT2D eigenvalue weighted by Gasteiger charge is -2.45. The Kier molecular flexibility index (Phi) is 4.83. The van der Waals surface area contributed by atoms with Gasteiger partial charge in [-0.1, -0.05) is 49.6 Å². The summed E-state index contributed by atoms with van der Waals surface area (Å²) in [5.74, 6) is 2.24. The molecule has 1 saturated carbocycles. The van der Waals surface area contributed by atoms with Gasteiger partial charge in [-0.15, -0.1) is 6.42 Å². The number of hydrogen-bond donors (Lipinski definition) is 1. The van der Waals surface area contributed by atoms with Crippen molar-refractivity contribution in [1.82, 2.24) is 9.88 Å². The molecule has 1 amide bonds. The normalized spacial score (nSPS) is 21.9. The topological polar surface area (TPSA) is 36.1 Å². The van der Waals surface area contributed by atoms with E-state index in [4.69, 9.17) is 6.42 Å². The first-order valence-electron chi connectivity index (χ1n) is 10.8. The van der Waals surface area contributed by atoms with Gasteiger partial charge in [0.05, 0.1) is 6.04 Å². The molecular formula is C26H25FN2O. The van der Waals surface area contributed by atoms with Crippen LogP contribution in [0.3, 0.4) is 0 Å². The van der Waals surface area contributed by atoms with Gasteiger partial charge in [-0.05, 0) is 60.4 Å². The Balaban J connectivity index is 1.72. The Morgan fingerprint density at radius 2 is 1.80 bits per heavy atom. The lowest BCUT2D eigenvalue weighted by Crippen LogP contribution is -2.51. The zero-order valence-electron chi connectivity index (χ0n) is 16.9. The highest BCUT2D eigenvalue weighted by atomic mass is 19.1. The third-order valence-electron chi connectivity index (χ3n) is 6.91. The lowest BCUT2D eigenvalue weighted by molar-refractivity contribution is -0.131. The van der Waals surface area contributed by atoms with Gasteiger partial charge in [-0.25, -0.2) is 4.39 Å². The standard InChI is InChI=1S/C26H25FN2O/c1-2-24(30)29-23(17-8-4-3-5-9-17)16-21-20-10-6-7-11-22(20)28-25(21)26(29)18-12-14-19(27)15-13-18/h1,6-7,10-15,17,23,26,28H,3-5,8-9,16H2/t23-,26?/m1/s1. The predicted octanol–water partition coefficient (Wildman–Crippen LogP) is 5.36. The quantitative estimate of drug-likeness (QED) is 0.578. The number of terminal acetylenes is 1. The number of benzene rings is 2. The number of nitrogens with one attached hydrogen (secondary N) is 1. The molecule has 1 aliphatic carbocycles. The van der Waals surface area contributed by atoms with E-state index in [1.807, 2.05) is 11.0 Å². The fourth-order valence-electron chi connectivity index (χ4n) is 5.54. The summed E-state index contributed by atoms with van der Waals surface area (Å²) in [6.45, 7) is 0. The first-order valence-corrected chi connectivity index (χ1v) is 10.8. The van der Waals surface area contributed by atoms with Crippen LogP contribution in [0.5, 0.6) is 0 Å². The molecule has 1 fully saturated rings. The minimum Gasteiger partial charge on any atom is -0.356 e. The highest BCUT2D eigenvalue weighted by molar-refractivity contribution is 5.95. The van der Waals surface area contributed by atoms with Crippen LogP contribution in [0.15, 0.2) is 48.5 Å². The van der Waals surface area contributed by atoms with Crippen LogP contribution in [0.25, 0.3) is 10.9 Å².